The molecule has 146 valence electrons. The number of nitrogens with one attached hydrogen (secondary N) is 1. The third kappa shape index (κ3) is 3.90. The fraction of sp³-hybridized carbons (Fsp3) is 0.400. The number of aromatic amines is 1. The molecule has 4 rings (SSSR count). The van der Waals surface area contributed by atoms with Crippen LogP contribution >= 0.6 is 0 Å². The summed E-state index contributed by atoms with van der Waals surface area (Å²) in [5.74, 6) is 0.514. The van der Waals surface area contributed by atoms with E-state index in [0.717, 1.165) is 24.0 Å². The highest BCUT2D eigenvalue weighted by atomic mass is 16.5. The van der Waals surface area contributed by atoms with Crippen molar-refractivity contribution in [3.63, 3.8) is 0 Å². The molecule has 1 aliphatic rings. The van der Waals surface area contributed by atoms with Gasteiger partial charge in [-0.05, 0) is 24.3 Å². The van der Waals surface area contributed by atoms with E-state index in [-0.39, 0.29) is 12.3 Å². The first-order chi connectivity index (χ1) is 13.6. The number of amides is 1. The van der Waals surface area contributed by atoms with Gasteiger partial charge in [-0.15, -0.1) is 0 Å². The Labute approximate surface area is 161 Å². The molecule has 0 bridgehead atoms. The summed E-state index contributed by atoms with van der Waals surface area (Å²) < 4.78 is 6.51. The third-order valence-corrected chi connectivity index (χ3v) is 5.28. The number of nitrogens with two attached hydrogens (primary N) is 1. The Morgan fingerprint density at radius 1 is 1.21 bits per heavy atom. The number of benzene rings is 1. The summed E-state index contributed by atoms with van der Waals surface area (Å²) >= 11 is 0. The molecule has 2 aromatic heterocycles. The quantitative estimate of drug-likeness (QED) is 0.705. The molecular weight excluding hydrogens is 358 g/mol. The molecular formula is C20H23N5O3. The number of ether oxygens (including phenoxy) is 1. The summed E-state index contributed by atoms with van der Waals surface area (Å²) in [5.41, 5.74) is 8.32. The van der Waals surface area contributed by atoms with Gasteiger partial charge in [0.15, 0.2) is 11.3 Å². The van der Waals surface area contributed by atoms with Crippen LogP contribution in [0.25, 0.3) is 22.6 Å². The van der Waals surface area contributed by atoms with Crippen molar-refractivity contribution >= 4 is 17.4 Å². The maximum atomic E-state index is 12.4. The number of primary amides is 1. The maximum Gasteiger partial charge on any atom is 0.404 e. The molecule has 8 nitrogen and oxygen atoms in total. The van der Waals surface area contributed by atoms with Crippen molar-refractivity contribution in [1.82, 2.24) is 19.5 Å². The average molecular weight is 381 g/mol. The van der Waals surface area contributed by atoms with E-state index in [0.29, 0.717) is 29.5 Å². The molecule has 28 heavy (non-hydrogen) atoms. The van der Waals surface area contributed by atoms with E-state index in [1.807, 2.05) is 24.3 Å². The van der Waals surface area contributed by atoms with Crippen LogP contribution in [0.2, 0.25) is 0 Å². The lowest BCUT2D eigenvalue weighted by atomic mass is 9.89. The average Bonchev–Trinajstić information content (AvgIpc) is 3.02. The van der Waals surface area contributed by atoms with Gasteiger partial charge in [0.25, 0.3) is 0 Å². The lowest BCUT2D eigenvalue weighted by Crippen LogP contribution is -2.23. The van der Waals surface area contributed by atoms with E-state index in [1.165, 1.54) is 19.3 Å². The molecule has 0 radical (unpaired) electrons. The second-order valence-corrected chi connectivity index (χ2v) is 7.28. The van der Waals surface area contributed by atoms with E-state index in [1.54, 1.807) is 10.8 Å². The zero-order chi connectivity index (χ0) is 19.5. The van der Waals surface area contributed by atoms with Gasteiger partial charge in [-0.25, -0.2) is 19.6 Å². The van der Waals surface area contributed by atoms with Gasteiger partial charge in [0.1, 0.15) is 6.61 Å². The number of imidazole rings is 1. The SMILES string of the molecule is NC(=O)OCc1ccc(-c2cnc3[nH]c(=O)n(CC4CCCCC4)c3n2)cc1. The molecule has 2 heterocycles. The highest BCUT2D eigenvalue weighted by Gasteiger charge is 2.18. The molecule has 1 amide bonds. The van der Waals surface area contributed by atoms with Crippen LogP contribution in [0.4, 0.5) is 4.79 Å². The summed E-state index contributed by atoms with van der Waals surface area (Å²) in [7, 11) is 0. The zero-order valence-electron chi connectivity index (χ0n) is 15.6. The van der Waals surface area contributed by atoms with Crippen molar-refractivity contribution in [3.05, 3.63) is 46.5 Å². The highest BCUT2D eigenvalue weighted by molar-refractivity contribution is 5.71. The molecule has 8 heteroatoms. The van der Waals surface area contributed by atoms with Crippen LogP contribution in [-0.2, 0) is 17.9 Å². The second kappa shape index (κ2) is 7.84. The second-order valence-electron chi connectivity index (χ2n) is 7.28. The van der Waals surface area contributed by atoms with Crippen LogP contribution < -0.4 is 11.4 Å². The highest BCUT2D eigenvalue weighted by Crippen LogP contribution is 2.26. The van der Waals surface area contributed by atoms with Gasteiger partial charge in [-0.2, -0.15) is 0 Å². The molecule has 3 aromatic rings. The Bertz CT molecular complexity index is 1030. The predicted octanol–water partition coefficient (Wildman–Crippen LogP) is 2.96. The van der Waals surface area contributed by atoms with Gasteiger partial charge in [-0.3, -0.25) is 9.55 Å². The van der Waals surface area contributed by atoms with Gasteiger partial charge >= 0.3 is 11.8 Å². The Kier molecular flexibility index (Phi) is 5.10. The number of carbonyl (C=O) groups excluding carboxylic acids is 1. The minimum absolute atomic E-state index is 0.124. The first kappa shape index (κ1) is 18.2. The molecule has 3 N–H and O–H groups in total. The molecule has 0 saturated heterocycles. The summed E-state index contributed by atoms with van der Waals surface area (Å²) in [6, 6.07) is 7.45. The van der Waals surface area contributed by atoms with Crippen molar-refractivity contribution in [3.8, 4) is 11.3 Å². The van der Waals surface area contributed by atoms with E-state index in [4.69, 9.17) is 15.5 Å². The van der Waals surface area contributed by atoms with Crippen molar-refractivity contribution in [2.75, 3.05) is 0 Å². The minimum Gasteiger partial charge on any atom is -0.445 e. The Morgan fingerprint density at radius 2 is 1.96 bits per heavy atom. The Morgan fingerprint density at radius 3 is 2.68 bits per heavy atom. The topological polar surface area (TPSA) is 116 Å². The zero-order valence-corrected chi connectivity index (χ0v) is 15.6. The predicted molar refractivity (Wildman–Crippen MR) is 105 cm³/mol. The van der Waals surface area contributed by atoms with Crippen molar-refractivity contribution in [2.45, 2.75) is 45.3 Å². The monoisotopic (exact) mass is 381 g/mol. The van der Waals surface area contributed by atoms with Gasteiger partial charge in [0.05, 0.1) is 11.9 Å². The summed E-state index contributed by atoms with van der Waals surface area (Å²) in [4.78, 5) is 35.0. The van der Waals surface area contributed by atoms with Crippen LogP contribution in [0.3, 0.4) is 0 Å². The van der Waals surface area contributed by atoms with Crippen molar-refractivity contribution in [1.29, 1.82) is 0 Å². The fourth-order valence-corrected chi connectivity index (χ4v) is 3.78. The van der Waals surface area contributed by atoms with Crippen LogP contribution in [-0.4, -0.2) is 25.6 Å². The number of fused-ring (bicyclic) bond motifs is 1. The van der Waals surface area contributed by atoms with Crippen LogP contribution in [0.15, 0.2) is 35.3 Å². The molecule has 1 saturated carbocycles. The van der Waals surface area contributed by atoms with E-state index in [9.17, 15) is 9.59 Å². The van der Waals surface area contributed by atoms with Gasteiger partial charge in [-0.1, -0.05) is 43.5 Å². The summed E-state index contributed by atoms with van der Waals surface area (Å²) in [6.45, 7) is 0.805. The standard InChI is InChI=1S/C20H23N5O3/c21-19(26)28-12-14-6-8-15(9-7-14)16-10-22-17-18(23-16)25(20(27)24-17)11-13-4-2-1-3-5-13/h6-10,13H,1-5,11-12H2,(H2,21,26)(H,22,24,27). The first-order valence-corrected chi connectivity index (χ1v) is 9.57. The number of nitrogens with zero attached hydrogens (tertiary/aromatic N) is 3. The Balaban J connectivity index is 1.60. The van der Waals surface area contributed by atoms with Crippen molar-refractivity contribution < 1.29 is 9.53 Å². The summed E-state index contributed by atoms with van der Waals surface area (Å²) in [6.07, 6.45) is 6.89. The summed E-state index contributed by atoms with van der Waals surface area (Å²) in [5, 5.41) is 0. The van der Waals surface area contributed by atoms with Gasteiger partial charge < -0.3 is 10.5 Å². The van der Waals surface area contributed by atoms with Crippen LogP contribution in [0.1, 0.15) is 37.7 Å². The normalized spacial score (nSPS) is 15.0. The lowest BCUT2D eigenvalue weighted by molar-refractivity contribution is 0.150. The van der Waals surface area contributed by atoms with E-state index >= 15 is 0 Å². The molecule has 0 spiro atoms. The largest absolute Gasteiger partial charge is 0.445 e. The molecule has 0 unspecified atom stereocenters. The molecule has 1 aliphatic carbocycles. The minimum atomic E-state index is -0.802. The number of aromatic nitrogens is 4. The van der Waals surface area contributed by atoms with Crippen LogP contribution in [0, 0.1) is 5.92 Å². The number of rotatable bonds is 5. The molecule has 1 aromatic carbocycles. The smallest absolute Gasteiger partial charge is 0.404 e. The number of hydrogen-bond donors (Lipinski definition) is 2. The number of carbonyl (C=O) groups is 1. The van der Waals surface area contributed by atoms with Gasteiger partial charge in [0.2, 0.25) is 0 Å². The van der Waals surface area contributed by atoms with Gasteiger partial charge in [0, 0.05) is 12.1 Å². The Hall–Kier alpha value is -3.16. The first-order valence-electron chi connectivity index (χ1n) is 9.57. The van der Waals surface area contributed by atoms with Crippen LogP contribution in [0.5, 0.6) is 0 Å². The van der Waals surface area contributed by atoms with E-state index < -0.39 is 6.09 Å². The van der Waals surface area contributed by atoms with Crippen molar-refractivity contribution in [2.24, 2.45) is 11.7 Å². The molecule has 0 aliphatic heterocycles. The third-order valence-electron chi connectivity index (χ3n) is 5.28. The maximum absolute atomic E-state index is 12.4. The number of hydrogen-bond acceptors (Lipinski definition) is 5. The number of H-pyrrole nitrogens is 1. The molecule has 1 fully saturated rings. The fourth-order valence-electron chi connectivity index (χ4n) is 3.78. The molecule has 0 atom stereocenters. The lowest BCUT2D eigenvalue weighted by Gasteiger charge is -2.21. The van der Waals surface area contributed by atoms with E-state index in [2.05, 4.69) is 9.97 Å².